The molecule has 2 aromatic heterocycles. The van der Waals surface area contributed by atoms with E-state index in [1.165, 1.54) is 23.9 Å². The molecule has 0 bridgehead atoms. The van der Waals surface area contributed by atoms with Gasteiger partial charge >= 0.3 is 0 Å². The Labute approximate surface area is 216 Å². The smallest absolute Gasteiger partial charge is 0.251 e. The molecule has 5 rings (SSSR count). The van der Waals surface area contributed by atoms with Gasteiger partial charge in [-0.1, -0.05) is 47.6 Å². The topological polar surface area (TPSA) is 73.0 Å². The molecule has 0 atom stereocenters. The summed E-state index contributed by atoms with van der Waals surface area (Å²) in [5, 5.41) is 12.8. The number of carbonyl (C=O) groups excluding carboxylic acids is 1. The van der Waals surface area contributed by atoms with Crippen LogP contribution in [0.3, 0.4) is 0 Å². The fraction of sp³-hybridized carbons (Fsp3) is 0.0741. The van der Waals surface area contributed by atoms with Crippen LogP contribution < -0.4 is 5.32 Å². The Morgan fingerprint density at radius 1 is 0.972 bits per heavy atom. The van der Waals surface area contributed by atoms with E-state index in [0.717, 1.165) is 16.8 Å². The highest BCUT2D eigenvalue weighted by Gasteiger charge is 2.18. The first-order valence-corrected chi connectivity index (χ1v) is 12.4. The van der Waals surface area contributed by atoms with Crippen LogP contribution in [0, 0.1) is 5.82 Å². The molecule has 0 aliphatic carbocycles. The minimum Gasteiger partial charge on any atom is -0.467 e. The Bertz CT molecular complexity index is 1470. The third-order valence-corrected chi connectivity index (χ3v) is 6.75. The molecule has 0 saturated carbocycles. The molecule has 0 aliphatic heterocycles. The van der Waals surface area contributed by atoms with Crippen LogP contribution in [0.15, 0.2) is 101 Å². The van der Waals surface area contributed by atoms with Gasteiger partial charge in [0.15, 0.2) is 11.0 Å². The Balaban J connectivity index is 1.34. The van der Waals surface area contributed by atoms with Crippen molar-refractivity contribution in [2.45, 2.75) is 17.5 Å². The summed E-state index contributed by atoms with van der Waals surface area (Å²) in [7, 11) is 0. The number of aromatic nitrogens is 3. The van der Waals surface area contributed by atoms with Crippen molar-refractivity contribution < 1.29 is 13.6 Å². The van der Waals surface area contributed by atoms with Gasteiger partial charge in [0, 0.05) is 22.6 Å². The van der Waals surface area contributed by atoms with Crippen LogP contribution in [0.1, 0.15) is 21.7 Å². The lowest BCUT2D eigenvalue weighted by atomic mass is 10.1. The zero-order valence-electron chi connectivity index (χ0n) is 18.9. The standard InChI is InChI=1S/C27H20ClFN4O2S/c28-24-6-2-1-5-23(24)25-31-32-27(33(25)21-13-11-20(29)12-14-21)36-17-18-7-9-19(10-8-18)26(34)30-16-22-4-3-15-35-22/h1-15H,16-17H2,(H,30,34). The molecular formula is C27H20ClFN4O2S. The number of amides is 1. The quantitative estimate of drug-likeness (QED) is 0.236. The fourth-order valence-electron chi connectivity index (χ4n) is 3.59. The van der Waals surface area contributed by atoms with Crippen LogP contribution in [0.2, 0.25) is 5.02 Å². The van der Waals surface area contributed by atoms with E-state index in [4.69, 9.17) is 16.0 Å². The van der Waals surface area contributed by atoms with Crippen molar-refractivity contribution in [3.8, 4) is 17.1 Å². The second-order valence-corrected chi connectivity index (χ2v) is 9.20. The molecule has 36 heavy (non-hydrogen) atoms. The molecule has 180 valence electrons. The van der Waals surface area contributed by atoms with Gasteiger partial charge in [0.05, 0.1) is 17.8 Å². The van der Waals surface area contributed by atoms with Crippen molar-refractivity contribution in [2.24, 2.45) is 0 Å². The second kappa shape index (κ2) is 10.8. The Hall–Kier alpha value is -3.88. The molecule has 0 fully saturated rings. The lowest BCUT2D eigenvalue weighted by molar-refractivity contribution is 0.0948. The average molecular weight is 519 g/mol. The minimum atomic E-state index is -0.325. The van der Waals surface area contributed by atoms with Crippen molar-refractivity contribution in [2.75, 3.05) is 0 Å². The van der Waals surface area contributed by atoms with Crippen LogP contribution in [0.25, 0.3) is 17.1 Å². The third kappa shape index (κ3) is 5.35. The molecule has 2 heterocycles. The van der Waals surface area contributed by atoms with Crippen LogP contribution >= 0.6 is 23.4 Å². The van der Waals surface area contributed by atoms with Crippen molar-refractivity contribution in [1.82, 2.24) is 20.1 Å². The SMILES string of the molecule is O=C(NCc1ccco1)c1ccc(CSc2nnc(-c3ccccc3Cl)n2-c2ccc(F)cc2)cc1. The van der Waals surface area contributed by atoms with Crippen molar-refractivity contribution >= 4 is 29.3 Å². The molecule has 6 nitrogen and oxygen atoms in total. The van der Waals surface area contributed by atoms with Gasteiger partial charge in [-0.3, -0.25) is 9.36 Å². The van der Waals surface area contributed by atoms with Gasteiger partial charge < -0.3 is 9.73 Å². The summed E-state index contributed by atoms with van der Waals surface area (Å²) < 4.78 is 20.7. The molecule has 0 radical (unpaired) electrons. The third-order valence-electron chi connectivity index (χ3n) is 5.42. The van der Waals surface area contributed by atoms with E-state index in [-0.39, 0.29) is 11.7 Å². The first kappa shape index (κ1) is 23.8. The lowest BCUT2D eigenvalue weighted by Crippen LogP contribution is -2.22. The van der Waals surface area contributed by atoms with Crippen molar-refractivity contribution in [3.63, 3.8) is 0 Å². The Morgan fingerprint density at radius 2 is 1.75 bits per heavy atom. The highest BCUT2D eigenvalue weighted by Crippen LogP contribution is 2.33. The van der Waals surface area contributed by atoms with Crippen LogP contribution in [-0.2, 0) is 12.3 Å². The fourth-order valence-corrected chi connectivity index (χ4v) is 4.71. The average Bonchev–Trinajstić information content (AvgIpc) is 3.57. The molecule has 0 aliphatic rings. The Kier molecular flexibility index (Phi) is 7.16. The van der Waals surface area contributed by atoms with Gasteiger partial charge in [0.25, 0.3) is 5.91 Å². The summed E-state index contributed by atoms with van der Waals surface area (Å²) in [4.78, 5) is 12.4. The molecule has 1 amide bonds. The monoisotopic (exact) mass is 518 g/mol. The van der Waals surface area contributed by atoms with Crippen molar-refractivity contribution in [1.29, 1.82) is 0 Å². The van der Waals surface area contributed by atoms with Gasteiger partial charge in [-0.2, -0.15) is 0 Å². The highest BCUT2D eigenvalue weighted by atomic mass is 35.5. The number of rotatable bonds is 8. The molecule has 5 aromatic rings. The molecule has 0 saturated heterocycles. The van der Waals surface area contributed by atoms with E-state index in [1.807, 2.05) is 41.0 Å². The van der Waals surface area contributed by atoms with Crippen LogP contribution in [0.5, 0.6) is 0 Å². The summed E-state index contributed by atoms with van der Waals surface area (Å²) in [5.41, 5.74) is 3.02. The van der Waals surface area contributed by atoms with Crippen LogP contribution in [0.4, 0.5) is 4.39 Å². The predicted octanol–water partition coefficient (Wildman–Crippen LogP) is 6.54. The van der Waals surface area contributed by atoms with Gasteiger partial charge in [0.1, 0.15) is 11.6 Å². The second-order valence-electron chi connectivity index (χ2n) is 7.85. The van der Waals surface area contributed by atoms with Gasteiger partial charge in [-0.05, 0) is 66.2 Å². The van der Waals surface area contributed by atoms with E-state index >= 15 is 0 Å². The predicted molar refractivity (Wildman–Crippen MR) is 138 cm³/mol. The summed E-state index contributed by atoms with van der Waals surface area (Å²) in [6, 6.07) is 24.5. The summed E-state index contributed by atoms with van der Waals surface area (Å²) >= 11 is 7.91. The maximum atomic E-state index is 13.6. The maximum Gasteiger partial charge on any atom is 0.251 e. The molecular weight excluding hydrogens is 499 g/mol. The number of carbonyl (C=O) groups is 1. The highest BCUT2D eigenvalue weighted by molar-refractivity contribution is 7.98. The van der Waals surface area contributed by atoms with E-state index in [9.17, 15) is 9.18 Å². The largest absolute Gasteiger partial charge is 0.467 e. The minimum absolute atomic E-state index is 0.175. The van der Waals surface area contributed by atoms with E-state index < -0.39 is 0 Å². The van der Waals surface area contributed by atoms with Crippen molar-refractivity contribution in [3.05, 3.63) is 119 Å². The molecule has 0 unspecified atom stereocenters. The molecule has 3 aromatic carbocycles. The summed E-state index contributed by atoms with van der Waals surface area (Å²) in [6.07, 6.45) is 1.57. The summed E-state index contributed by atoms with van der Waals surface area (Å²) in [5.74, 6) is 1.35. The summed E-state index contributed by atoms with van der Waals surface area (Å²) in [6.45, 7) is 0.330. The number of hydrogen-bond donors (Lipinski definition) is 1. The molecule has 0 spiro atoms. The number of benzene rings is 3. The number of halogens is 2. The number of thioether (sulfide) groups is 1. The molecule has 1 N–H and O–H groups in total. The first-order chi connectivity index (χ1) is 17.6. The van der Waals surface area contributed by atoms with E-state index in [2.05, 4.69) is 15.5 Å². The number of furan rings is 1. The first-order valence-electron chi connectivity index (χ1n) is 11.1. The number of nitrogens with one attached hydrogen (secondary N) is 1. The maximum absolute atomic E-state index is 13.6. The van der Waals surface area contributed by atoms with E-state index in [1.54, 1.807) is 42.7 Å². The zero-order chi connectivity index (χ0) is 24.9. The Morgan fingerprint density at radius 3 is 2.47 bits per heavy atom. The number of nitrogens with zero attached hydrogens (tertiary/aromatic N) is 3. The zero-order valence-corrected chi connectivity index (χ0v) is 20.5. The van der Waals surface area contributed by atoms with Crippen LogP contribution in [-0.4, -0.2) is 20.7 Å². The van der Waals surface area contributed by atoms with Gasteiger partial charge in [0.2, 0.25) is 0 Å². The van der Waals surface area contributed by atoms with Gasteiger partial charge in [-0.15, -0.1) is 10.2 Å². The van der Waals surface area contributed by atoms with E-state index in [0.29, 0.717) is 39.6 Å². The number of hydrogen-bond acceptors (Lipinski definition) is 5. The normalized spacial score (nSPS) is 10.9. The molecule has 9 heteroatoms. The van der Waals surface area contributed by atoms with Gasteiger partial charge in [-0.25, -0.2) is 4.39 Å². The lowest BCUT2D eigenvalue weighted by Gasteiger charge is -2.11.